The summed E-state index contributed by atoms with van der Waals surface area (Å²) in [5.41, 5.74) is 8.16. The average Bonchev–Trinajstić information content (AvgIpc) is 3.29. The fourth-order valence-corrected chi connectivity index (χ4v) is 3.58. The summed E-state index contributed by atoms with van der Waals surface area (Å²) in [5, 5.41) is 16.4. The molecular formula is C18H23N7. The maximum Gasteiger partial charge on any atom is 0.152 e. The molecule has 0 bridgehead atoms. The molecule has 3 N–H and O–H groups in total. The second-order valence-electron chi connectivity index (χ2n) is 6.47. The Morgan fingerprint density at radius 1 is 1.52 bits per heavy atom. The fraction of sp³-hybridized carbons (Fsp3) is 0.444. The van der Waals surface area contributed by atoms with Crippen molar-refractivity contribution in [3.63, 3.8) is 0 Å². The van der Waals surface area contributed by atoms with Crippen LogP contribution in [0, 0.1) is 17.2 Å². The van der Waals surface area contributed by atoms with Crippen LogP contribution in [-0.2, 0) is 0 Å². The van der Waals surface area contributed by atoms with E-state index in [1.54, 1.807) is 6.20 Å². The van der Waals surface area contributed by atoms with E-state index in [-0.39, 0.29) is 6.04 Å². The van der Waals surface area contributed by atoms with Crippen LogP contribution in [0.4, 0.5) is 0 Å². The summed E-state index contributed by atoms with van der Waals surface area (Å²) in [6.45, 7) is 4.06. The monoisotopic (exact) mass is 337 g/mol. The standard InChI is InChI=1S/C18H23N7/c1-12(16-14-8-10-21-18(14)23-11-22-16)17(20)24-25(2)15(7-9-19)13-5-3-4-6-13/h8,10-11,13,15H,1,3-7H2,2H3,(H2,20,24)(H,21,22,23)/t15-/m1/s1. The zero-order valence-corrected chi connectivity index (χ0v) is 14.4. The molecule has 0 saturated heterocycles. The lowest BCUT2D eigenvalue weighted by Crippen LogP contribution is -2.35. The Balaban J connectivity index is 1.82. The number of aromatic amines is 1. The molecule has 1 fully saturated rings. The summed E-state index contributed by atoms with van der Waals surface area (Å²) in [6, 6.07) is 4.25. The van der Waals surface area contributed by atoms with E-state index in [1.807, 2.05) is 18.1 Å². The summed E-state index contributed by atoms with van der Waals surface area (Å²) in [4.78, 5) is 11.5. The van der Waals surface area contributed by atoms with E-state index in [4.69, 9.17) is 11.0 Å². The third-order valence-corrected chi connectivity index (χ3v) is 4.94. The lowest BCUT2D eigenvalue weighted by atomic mass is 9.95. The van der Waals surface area contributed by atoms with Crippen LogP contribution in [0.25, 0.3) is 16.6 Å². The summed E-state index contributed by atoms with van der Waals surface area (Å²) < 4.78 is 0. The summed E-state index contributed by atoms with van der Waals surface area (Å²) in [7, 11) is 1.88. The molecule has 0 aliphatic heterocycles. The quantitative estimate of drug-likeness (QED) is 0.479. The van der Waals surface area contributed by atoms with Crippen molar-refractivity contribution in [1.29, 1.82) is 5.26 Å². The van der Waals surface area contributed by atoms with Crippen molar-refractivity contribution < 1.29 is 0 Å². The number of nitrogens with one attached hydrogen (secondary N) is 1. The highest BCUT2D eigenvalue weighted by Crippen LogP contribution is 2.31. The Kier molecular flexibility index (Phi) is 4.98. The van der Waals surface area contributed by atoms with E-state index in [2.05, 4.69) is 32.7 Å². The minimum atomic E-state index is 0.0801. The third-order valence-electron chi connectivity index (χ3n) is 4.94. The second-order valence-corrected chi connectivity index (χ2v) is 6.47. The molecule has 3 rings (SSSR count). The molecule has 7 heteroatoms. The number of H-pyrrole nitrogens is 1. The highest BCUT2D eigenvalue weighted by molar-refractivity contribution is 6.23. The molecule has 0 aromatic carbocycles. The smallest absolute Gasteiger partial charge is 0.152 e. The second kappa shape index (κ2) is 7.34. The van der Waals surface area contributed by atoms with Gasteiger partial charge < -0.3 is 10.7 Å². The maximum atomic E-state index is 9.17. The summed E-state index contributed by atoms with van der Waals surface area (Å²) in [5.74, 6) is 0.800. The fourth-order valence-electron chi connectivity index (χ4n) is 3.58. The molecule has 0 amide bonds. The molecule has 1 saturated carbocycles. The van der Waals surface area contributed by atoms with Crippen LogP contribution in [0.1, 0.15) is 37.8 Å². The average molecular weight is 337 g/mol. The molecule has 0 spiro atoms. The van der Waals surface area contributed by atoms with E-state index in [1.165, 1.54) is 19.2 Å². The topological polar surface area (TPSA) is 107 Å². The number of nitrogens with zero attached hydrogens (tertiary/aromatic N) is 5. The van der Waals surface area contributed by atoms with Gasteiger partial charge in [-0.1, -0.05) is 19.4 Å². The third kappa shape index (κ3) is 3.48. The Morgan fingerprint density at radius 3 is 3.00 bits per heavy atom. The molecule has 2 aromatic heterocycles. The van der Waals surface area contributed by atoms with Gasteiger partial charge in [0.25, 0.3) is 0 Å². The van der Waals surface area contributed by atoms with E-state index in [0.717, 1.165) is 23.9 Å². The SMILES string of the molecule is C=C(/C(N)=N\N(C)[C@H](CC#N)C1CCCC1)c1ncnc2[nH]ccc12. The zero-order chi connectivity index (χ0) is 17.8. The minimum absolute atomic E-state index is 0.0801. The van der Waals surface area contributed by atoms with Gasteiger partial charge in [0, 0.05) is 24.2 Å². The number of nitriles is 1. The van der Waals surface area contributed by atoms with Crippen molar-refractivity contribution in [2.24, 2.45) is 16.8 Å². The molecule has 130 valence electrons. The number of aromatic nitrogens is 3. The molecular weight excluding hydrogens is 314 g/mol. The van der Waals surface area contributed by atoms with Gasteiger partial charge in [0.15, 0.2) is 5.84 Å². The minimum Gasteiger partial charge on any atom is -0.382 e. The number of hydrogen-bond donors (Lipinski definition) is 2. The van der Waals surface area contributed by atoms with Gasteiger partial charge in [-0.3, -0.25) is 5.01 Å². The summed E-state index contributed by atoms with van der Waals surface area (Å²) in [6.07, 6.45) is 8.45. The molecule has 2 heterocycles. The van der Waals surface area contributed by atoms with E-state index < -0.39 is 0 Å². The highest BCUT2D eigenvalue weighted by Gasteiger charge is 2.28. The molecule has 2 aromatic rings. The predicted molar refractivity (Wildman–Crippen MR) is 98.3 cm³/mol. The van der Waals surface area contributed by atoms with Crippen molar-refractivity contribution in [3.8, 4) is 6.07 Å². The lowest BCUT2D eigenvalue weighted by Gasteiger charge is -2.29. The highest BCUT2D eigenvalue weighted by atomic mass is 15.5. The van der Waals surface area contributed by atoms with Crippen LogP contribution < -0.4 is 5.73 Å². The number of rotatable bonds is 6. The van der Waals surface area contributed by atoms with E-state index in [9.17, 15) is 0 Å². The van der Waals surface area contributed by atoms with Crippen LogP contribution >= 0.6 is 0 Å². The molecule has 0 unspecified atom stereocenters. The van der Waals surface area contributed by atoms with Crippen molar-refractivity contribution in [2.45, 2.75) is 38.1 Å². The molecule has 0 radical (unpaired) electrons. The van der Waals surface area contributed by atoms with Gasteiger partial charge in [-0.25, -0.2) is 9.97 Å². The van der Waals surface area contributed by atoms with Crippen LogP contribution in [0.15, 0.2) is 30.3 Å². The van der Waals surface area contributed by atoms with Gasteiger partial charge in [-0.05, 0) is 24.8 Å². The molecule has 1 aliphatic carbocycles. The van der Waals surface area contributed by atoms with Gasteiger partial charge in [0.1, 0.15) is 12.0 Å². The number of hydrazone groups is 1. The largest absolute Gasteiger partial charge is 0.382 e. The normalized spacial score (nSPS) is 16.7. The van der Waals surface area contributed by atoms with Crippen LogP contribution in [0.2, 0.25) is 0 Å². The number of fused-ring (bicyclic) bond motifs is 1. The molecule has 1 aliphatic rings. The van der Waals surface area contributed by atoms with Gasteiger partial charge in [-0.2, -0.15) is 10.4 Å². The first-order valence-electron chi connectivity index (χ1n) is 8.53. The first kappa shape index (κ1) is 17.0. The summed E-state index contributed by atoms with van der Waals surface area (Å²) >= 11 is 0. The van der Waals surface area contributed by atoms with Gasteiger partial charge in [0.05, 0.1) is 24.2 Å². The molecule has 25 heavy (non-hydrogen) atoms. The lowest BCUT2D eigenvalue weighted by molar-refractivity contribution is 0.185. The van der Waals surface area contributed by atoms with Crippen LogP contribution in [-0.4, -0.2) is 38.9 Å². The van der Waals surface area contributed by atoms with Crippen molar-refractivity contribution in [2.75, 3.05) is 7.05 Å². The maximum absolute atomic E-state index is 9.17. The van der Waals surface area contributed by atoms with E-state index in [0.29, 0.717) is 29.4 Å². The number of nitrogens with two attached hydrogens (primary N) is 1. The Hall–Kier alpha value is -2.88. The zero-order valence-electron chi connectivity index (χ0n) is 14.4. The molecule has 7 nitrogen and oxygen atoms in total. The number of amidine groups is 1. The predicted octanol–water partition coefficient (Wildman–Crippen LogP) is 2.65. The van der Waals surface area contributed by atoms with Crippen LogP contribution in [0.3, 0.4) is 0 Å². The molecule has 1 atom stereocenters. The Bertz CT molecular complexity index is 823. The van der Waals surface area contributed by atoms with Crippen molar-refractivity contribution in [1.82, 2.24) is 20.0 Å². The van der Waals surface area contributed by atoms with Crippen LogP contribution in [0.5, 0.6) is 0 Å². The Labute approximate surface area is 147 Å². The van der Waals surface area contributed by atoms with Gasteiger partial charge in [0.2, 0.25) is 0 Å². The van der Waals surface area contributed by atoms with Gasteiger partial charge in [-0.15, -0.1) is 0 Å². The van der Waals surface area contributed by atoms with E-state index >= 15 is 0 Å². The van der Waals surface area contributed by atoms with Gasteiger partial charge >= 0.3 is 0 Å². The Morgan fingerprint density at radius 2 is 2.28 bits per heavy atom. The van der Waals surface area contributed by atoms with Crippen molar-refractivity contribution >= 4 is 22.4 Å². The number of hydrogen-bond acceptors (Lipinski definition) is 5. The first-order valence-corrected chi connectivity index (χ1v) is 8.53. The van der Waals surface area contributed by atoms with Crippen molar-refractivity contribution in [3.05, 3.63) is 30.9 Å². The first-order chi connectivity index (χ1) is 12.1.